The number of guanidine groups is 2. The number of ether oxygens (including phenoxy) is 4. The number of amides is 8. The highest BCUT2D eigenvalue weighted by molar-refractivity contribution is 6.07. The molecule has 4 aromatic carbocycles. The van der Waals surface area contributed by atoms with E-state index in [2.05, 4.69) is 57.8 Å². The number of carbonyl (C=O) groups excluding carboxylic acids is 8. The maximum atomic E-state index is 14.3. The number of methoxy groups -OCH3 is 4. The van der Waals surface area contributed by atoms with Gasteiger partial charge in [-0.05, 0) is 118 Å². The zero-order chi connectivity index (χ0) is 61.9. The van der Waals surface area contributed by atoms with E-state index in [0.29, 0.717) is 12.1 Å². The Morgan fingerprint density at radius 2 is 0.786 bits per heavy atom. The molecule has 30 heteroatoms. The first-order valence-electron chi connectivity index (χ1n) is 26.3. The molecule has 0 aliphatic rings. The molecule has 3 atom stereocenters. The van der Waals surface area contributed by atoms with Crippen molar-refractivity contribution in [3.63, 3.8) is 0 Å². The van der Waals surface area contributed by atoms with Gasteiger partial charge in [0.2, 0.25) is 23.6 Å². The van der Waals surface area contributed by atoms with Gasteiger partial charge in [-0.1, -0.05) is 0 Å². The van der Waals surface area contributed by atoms with Crippen molar-refractivity contribution in [3.8, 4) is 23.0 Å². The van der Waals surface area contributed by atoms with Crippen molar-refractivity contribution in [1.29, 1.82) is 0 Å². The van der Waals surface area contributed by atoms with Gasteiger partial charge in [0.15, 0.2) is 11.9 Å². The predicted octanol–water partition coefficient (Wildman–Crippen LogP) is -0.743. The third-order valence-electron chi connectivity index (χ3n) is 12.1. The number of aliphatic imine (C=N–C) groups is 2. The van der Waals surface area contributed by atoms with E-state index < -0.39 is 65.8 Å². The van der Waals surface area contributed by atoms with E-state index in [1.54, 1.807) is 6.07 Å². The zero-order valence-electron chi connectivity index (χ0n) is 47.4. The molecule has 0 saturated carbocycles. The highest BCUT2D eigenvalue weighted by atomic mass is 16.5. The first kappa shape index (κ1) is 66.7. The van der Waals surface area contributed by atoms with Crippen LogP contribution in [0, 0.1) is 0 Å². The second-order valence-electron chi connectivity index (χ2n) is 18.5. The molecule has 8 amide bonds. The van der Waals surface area contributed by atoms with E-state index >= 15 is 0 Å². The summed E-state index contributed by atoms with van der Waals surface area (Å²) in [5.41, 5.74) is 39.6. The lowest BCUT2D eigenvalue weighted by molar-refractivity contribution is -0.118. The van der Waals surface area contributed by atoms with Crippen LogP contribution in [0.5, 0.6) is 23.0 Å². The third kappa shape index (κ3) is 21.3. The zero-order valence-corrected chi connectivity index (χ0v) is 47.4. The topological polar surface area (TPSA) is 489 Å². The van der Waals surface area contributed by atoms with E-state index in [0.717, 1.165) is 0 Å². The van der Waals surface area contributed by atoms with Gasteiger partial charge in [-0.3, -0.25) is 53.7 Å². The number of anilines is 4. The fourth-order valence-electron chi connectivity index (χ4n) is 8.12. The molecule has 0 spiro atoms. The first-order chi connectivity index (χ1) is 40.1. The van der Waals surface area contributed by atoms with Crippen molar-refractivity contribution < 1.29 is 57.3 Å². The van der Waals surface area contributed by atoms with Crippen molar-refractivity contribution in [2.45, 2.75) is 69.9 Å². The molecule has 0 fully saturated rings. The minimum absolute atomic E-state index is 0.0227. The third-order valence-corrected chi connectivity index (χ3v) is 12.1. The van der Waals surface area contributed by atoms with Crippen LogP contribution in [0.1, 0.15) is 86.9 Å². The number of hydrogen-bond donors (Lipinski definition) is 16. The molecule has 0 heterocycles. The Kier molecular flexibility index (Phi) is 26.9. The molecular formula is C54H76N18O12. The van der Waals surface area contributed by atoms with Gasteiger partial charge in [0.25, 0.3) is 23.6 Å². The highest BCUT2D eigenvalue weighted by Gasteiger charge is 2.29. The van der Waals surface area contributed by atoms with Gasteiger partial charge in [-0.15, -0.1) is 0 Å². The number of rotatable bonds is 33. The molecule has 4 aromatic rings. The van der Waals surface area contributed by atoms with Gasteiger partial charge in [-0.2, -0.15) is 0 Å². The van der Waals surface area contributed by atoms with Crippen molar-refractivity contribution in [2.75, 3.05) is 82.4 Å². The van der Waals surface area contributed by atoms with Crippen LogP contribution in [-0.2, 0) is 19.2 Å². The Balaban J connectivity index is 1.61. The van der Waals surface area contributed by atoms with E-state index in [9.17, 15) is 38.4 Å². The highest BCUT2D eigenvalue weighted by Crippen LogP contribution is 2.28. The second kappa shape index (κ2) is 33.8. The van der Waals surface area contributed by atoms with E-state index in [1.165, 1.54) is 102 Å². The summed E-state index contributed by atoms with van der Waals surface area (Å²) in [6.45, 7) is 2.14. The summed E-state index contributed by atoms with van der Waals surface area (Å²) in [5, 5.41) is 24.5. The number of nitrogens with two attached hydrogens (primary N) is 7. The number of hydrogen-bond acceptors (Lipinski definition) is 18. The summed E-state index contributed by atoms with van der Waals surface area (Å²) in [4.78, 5) is 117. The molecular weight excluding hydrogens is 1090 g/mol. The summed E-state index contributed by atoms with van der Waals surface area (Å²) < 4.78 is 21.8. The Labute approximate surface area is 484 Å². The molecule has 0 radical (unpaired) electrons. The molecule has 0 aliphatic carbocycles. The lowest BCUT2D eigenvalue weighted by Crippen LogP contribution is -2.47. The van der Waals surface area contributed by atoms with Gasteiger partial charge in [-0.25, -0.2) is 0 Å². The van der Waals surface area contributed by atoms with Crippen LogP contribution in [0.25, 0.3) is 0 Å². The number of nitrogens with one attached hydrogen (secondary N) is 9. The monoisotopic (exact) mass is 1170 g/mol. The van der Waals surface area contributed by atoms with Gasteiger partial charge in [0.1, 0.15) is 47.4 Å². The van der Waals surface area contributed by atoms with Crippen molar-refractivity contribution >= 4 is 81.9 Å². The van der Waals surface area contributed by atoms with Crippen LogP contribution >= 0.6 is 0 Å². The van der Waals surface area contributed by atoms with Gasteiger partial charge < -0.3 is 102 Å². The average molecular weight is 1170 g/mol. The minimum atomic E-state index is -1.30. The Morgan fingerprint density at radius 1 is 0.464 bits per heavy atom. The quantitative estimate of drug-likeness (QED) is 0.0121. The Morgan fingerprint density at radius 3 is 1.08 bits per heavy atom. The Bertz CT molecular complexity index is 3020. The summed E-state index contributed by atoms with van der Waals surface area (Å²) in [6.07, 6.45) is -0.0103. The molecule has 0 aromatic heterocycles. The van der Waals surface area contributed by atoms with Crippen LogP contribution in [0.4, 0.5) is 22.7 Å². The lowest BCUT2D eigenvalue weighted by atomic mass is 10.1. The van der Waals surface area contributed by atoms with Crippen LogP contribution < -0.4 is 107 Å². The fourth-order valence-corrected chi connectivity index (χ4v) is 8.12. The molecule has 0 unspecified atom stereocenters. The SMILES string of the molecule is COc1ccc(NC(=O)[C@@H](CCCN=C(N)N)NC(=O)c2cc(NC(=O)[C@@H](CCCN=C(N)N)NC(=O)c3cc(NC(=O)[C@@H](CCCNC(N)N)NC(=O)c4cc(NC(C)=O)ccc4OC)ccc3OC)ccc2OC)cc1C(=O)NCCN. The molecule has 23 N–H and O–H groups in total. The standard InChI is InChI=1S/C54H76N18O12/c1-29(73)66-30-12-16-42(82-3)35(25-30)46(75)70-39(10-7-22-64-53(58)59)50(79)68-32-14-18-44(84-5)37(27-32)48(77)72-40(11-8-23-65-54(60)61)51(80)69-33-15-19-43(83-4)36(28-33)47(76)71-38(9-6-21-63-52(56)57)49(78)67-31-13-17-41(81-2)34(26-31)45(74)62-24-20-55/h12-19,25-28,38-40,53,64H,6-11,20-24,55,58-59H2,1-5H3,(H,62,74)(H,66,73)(H,67,78)(H,68,79)(H,69,80)(H,70,75)(H,71,76)(H,72,77)(H4,56,57,63)(H4,60,61,65)/t38-,39-,40-/m1/s1. The number of nitrogens with zero attached hydrogens (tertiary/aromatic N) is 2. The predicted molar refractivity (Wildman–Crippen MR) is 317 cm³/mol. The normalized spacial score (nSPS) is 11.7. The van der Waals surface area contributed by atoms with Crippen LogP contribution in [0.2, 0.25) is 0 Å². The largest absolute Gasteiger partial charge is 0.496 e. The van der Waals surface area contributed by atoms with Gasteiger partial charge >= 0.3 is 0 Å². The lowest BCUT2D eigenvalue weighted by Gasteiger charge is -2.22. The summed E-state index contributed by atoms with van der Waals surface area (Å²) in [5.74, 6) is -5.16. The summed E-state index contributed by atoms with van der Waals surface area (Å²) in [7, 11) is 5.37. The van der Waals surface area contributed by atoms with Gasteiger partial charge in [0.05, 0.1) is 50.7 Å². The molecule has 4 rings (SSSR count). The molecule has 0 saturated heterocycles. The maximum absolute atomic E-state index is 14.3. The van der Waals surface area contributed by atoms with E-state index in [1.807, 2.05) is 0 Å². The van der Waals surface area contributed by atoms with Crippen molar-refractivity contribution in [3.05, 3.63) is 95.1 Å². The number of carbonyl (C=O) groups is 8. The van der Waals surface area contributed by atoms with E-state index in [4.69, 9.17) is 59.1 Å². The average Bonchev–Trinajstić information content (AvgIpc) is 3.63. The van der Waals surface area contributed by atoms with Crippen molar-refractivity contribution in [1.82, 2.24) is 26.6 Å². The smallest absolute Gasteiger partial charge is 0.255 e. The summed E-state index contributed by atoms with van der Waals surface area (Å²) >= 11 is 0. The number of benzene rings is 4. The molecule has 84 heavy (non-hydrogen) atoms. The maximum Gasteiger partial charge on any atom is 0.255 e. The van der Waals surface area contributed by atoms with Crippen molar-refractivity contribution in [2.24, 2.45) is 50.1 Å². The molecule has 0 aliphatic heterocycles. The molecule has 454 valence electrons. The Hall–Kier alpha value is -9.78. The summed E-state index contributed by atoms with van der Waals surface area (Å²) in [6, 6.07) is 13.5. The van der Waals surface area contributed by atoms with Gasteiger partial charge in [0, 0.05) is 55.9 Å². The molecule has 0 bridgehead atoms. The fraction of sp³-hybridized carbons (Fsp3) is 0.370. The molecule has 30 nitrogen and oxygen atoms in total. The van der Waals surface area contributed by atoms with E-state index in [-0.39, 0.29) is 145 Å². The second-order valence-corrected chi connectivity index (χ2v) is 18.5. The van der Waals surface area contributed by atoms with Crippen LogP contribution in [-0.4, -0.2) is 145 Å². The minimum Gasteiger partial charge on any atom is -0.496 e. The van der Waals surface area contributed by atoms with Crippen LogP contribution in [0.15, 0.2) is 82.8 Å². The van der Waals surface area contributed by atoms with Crippen LogP contribution in [0.3, 0.4) is 0 Å². The first-order valence-corrected chi connectivity index (χ1v) is 26.3.